The molecule has 0 saturated heterocycles. The van der Waals surface area contributed by atoms with Crippen molar-refractivity contribution in [1.82, 2.24) is 0 Å². The molecule has 3 aromatic rings. The number of rotatable bonds is 11. The van der Waals surface area contributed by atoms with Crippen LogP contribution in [0.4, 0.5) is 0 Å². The molecule has 0 radical (unpaired) electrons. The third-order valence-corrected chi connectivity index (χ3v) is 13.3. The van der Waals surface area contributed by atoms with Gasteiger partial charge in [-0.3, -0.25) is 0 Å². The number of benzene rings is 3. The van der Waals surface area contributed by atoms with Gasteiger partial charge in [0, 0.05) is 5.54 Å². The van der Waals surface area contributed by atoms with Crippen molar-refractivity contribution in [1.29, 1.82) is 0 Å². The van der Waals surface area contributed by atoms with E-state index in [1.807, 2.05) is 0 Å². The molecule has 0 spiro atoms. The van der Waals surface area contributed by atoms with Crippen LogP contribution in [0.15, 0.2) is 66.7 Å². The van der Waals surface area contributed by atoms with E-state index in [1.165, 1.54) is 79.2 Å². The van der Waals surface area contributed by atoms with Crippen molar-refractivity contribution in [2.24, 2.45) is 5.92 Å². The normalized spacial score (nSPS) is 18.7. The number of unbranched alkanes of at least 4 members (excludes halogenated alkanes) is 1. The van der Waals surface area contributed by atoms with Gasteiger partial charge in [0.25, 0.3) is 8.32 Å². The quantitative estimate of drug-likeness (QED) is 0.141. The number of fused-ring (bicyclic) bond motifs is 1. The molecule has 47 heavy (non-hydrogen) atoms. The Bertz CT molecular complexity index is 1370. The fourth-order valence-electron chi connectivity index (χ4n) is 7.89. The Kier molecular flexibility index (Phi) is 16.3. The summed E-state index contributed by atoms with van der Waals surface area (Å²) in [6.45, 7) is 16.5. The van der Waals surface area contributed by atoms with E-state index in [9.17, 15) is 0 Å². The van der Waals surface area contributed by atoms with E-state index in [2.05, 4.69) is 114 Å². The monoisotopic (exact) mass is 769 g/mol. The van der Waals surface area contributed by atoms with Crippen LogP contribution in [0.1, 0.15) is 126 Å². The Labute approximate surface area is 308 Å². The number of para-hydroxylation sites is 1. The Morgan fingerprint density at radius 1 is 0.915 bits per heavy atom. The van der Waals surface area contributed by atoms with Crippen LogP contribution in [0.3, 0.4) is 0 Å². The Balaban J connectivity index is 0.00000144. The van der Waals surface area contributed by atoms with Crippen LogP contribution in [-0.2, 0) is 32.7 Å². The number of hydrogen-bond acceptors (Lipinski definition) is 1. The van der Waals surface area contributed by atoms with Crippen molar-refractivity contribution in [2.75, 3.05) is 0 Å². The van der Waals surface area contributed by atoms with Crippen LogP contribution in [0.25, 0.3) is 16.4 Å². The molecule has 2 nitrogen and oxygen atoms in total. The van der Waals surface area contributed by atoms with Crippen LogP contribution < -0.4 is 4.43 Å². The third kappa shape index (κ3) is 10.6. The van der Waals surface area contributed by atoms with Crippen LogP contribution in [0, 0.1) is 13.3 Å². The van der Waals surface area contributed by atoms with Gasteiger partial charge in [-0.1, -0.05) is 153 Å². The molecule has 0 heterocycles. The molecule has 3 aromatic carbocycles. The topological polar surface area (TPSA) is 23.3 Å². The number of hydrogen-bond donors (Lipinski definition) is 0. The molecule has 0 bridgehead atoms. The van der Waals surface area contributed by atoms with Crippen LogP contribution in [0.2, 0.25) is 13.1 Å². The fraction of sp³-hybridized carbons (Fsp3) is 0.537. The summed E-state index contributed by atoms with van der Waals surface area (Å²) in [6, 6.07) is 26.0. The maximum atomic E-state index is 7.33. The molecule has 0 N–H and O–H groups in total. The standard InChI is InChI=1S/C40H56NOSi.CH3.2ClH.Zr/c1-8-10-22-37(41-32-17-12-11-13-18-32)35-19-14-15-23-38(35)42-43(6,7)39-29(9-2)28-36-33(20-16-21-34(36)39)30-24-26-31(27-25-30)40(3,4)5;;;;/h14-16,19-21,23-27,29,32,37,39H,8-13,17-18,22,28H2,1-7H3;1H3;2*1H;/q2*-1;;;+4/p-2. The molecule has 0 aliphatic heterocycles. The summed E-state index contributed by atoms with van der Waals surface area (Å²) in [5.41, 5.74) is 9.18. The molecule has 0 aromatic heterocycles. The Morgan fingerprint density at radius 2 is 1.57 bits per heavy atom. The summed E-state index contributed by atoms with van der Waals surface area (Å²) >= 11 is -0.826. The molecule has 256 valence electrons. The third-order valence-electron chi connectivity index (χ3n) is 10.3. The molecule has 1 fully saturated rings. The number of nitrogens with zero attached hydrogens (tertiary/aromatic N) is 1. The first-order valence-electron chi connectivity index (χ1n) is 17.7. The van der Waals surface area contributed by atoms with Gasteiger partial charge < -0.3 is 17.2 Å². The van der Waals surface area contributed by atoms with Gasteiger partial charge in [-0.2, -0.15) is 0 Å². The van der Waals surface area contributed by atoms with Crippen molar-refractivity contribution in [2.45, 2.75) is 135 Å². The van der Waals surface area contributed by atoms with Crippen LogP contribution in [-0.4, -0.2) is 14.4 Å². The van der Waals surface area contributed by atoms with E-state index in [-0.39, 0.29) is 18.9 Å². The zero-order valence-corrected chi connectivity index (χ0v) is 35.3. The van der Waals surface area contributed by atoms with Crippen molar-refractivity contribution in [3.05, 3.63) is 102 Å². The molecule has 3 unspecified atom stereocenters. The minimum absolute atomic E-state index is 0. The molecule has 3 atom stereocenters. The summed E-state index contributed by atoms with van der Waals surface area (Å²) in [7, 11) is 7.66. The number of halogens is 2. The van der Waals surface area contributed by atoms with Crippen molar-refractivity contribution < 1.29 is 25.3 Å². The first-order valence-corrected chi connectivity index (χ1v) is 27.0. The average molecular weight is 772 g/mol. The van der Waals surface area contributed by atoms with E-state index in [0.717, 1.165) is 18.6 Å². The molecule has 2 aliphatic carbocycles. The SMILES string of the molecule is CCCCC([N-]C1CCCCC1)c1ccccc1O[Si](C)(C)C1c2cccc(-c3ccc(C(C)(C)C)cc3)c2CC1CC.[CH3-].[Cl][Zr+2][Cl]. The second kappa shape index (κ2) is 18.9. The molecule has 6 heteroatoms. The summed E-state index contributed by atoms with van der Waals surface area (Å²) in [5, 5.41) is 5.50. The van der Waals surface area contributed by atoms with Crippen LogP contribution >= 0.6 is 17.0 Å². The van der Waals surface area contributed by atoms with E-state index in [0.29, 0.717) is 17.5 Å². The molecule has 2 aliphatic rings. The van der Waals surface area contributed by atoms with Gasteiger partial charge in [0.1, 0.15) is 5.75 Å². The summed E-state index contributed by atoms with van der Waals surface area (Å²) in [6.07, 6.45) is 12.4. The summed E-state index contributed by atoms with van der Waals surface area (Å²) < 4.78 is 7.33. The van der Waals surface area contributed by atoms with Gasteiger partial charge in [-0.25, -0.2) is 0 Å². The first kappa shape index (κ1) is 40.5. The summed E-state index contributed by atoms with van der Waals surface area (Å²) in [4.78, 5) is 0. The molecule has 1 saturated carbocycles. The Hall–Kier alpha value is -0.900. The van der Waals surface area contributed by atoms with Gasteiger partial charge in [0.05, 0.1) is 0 Å². The van der Waals surface area contributed by atoms with E-state index >= 15 is 0 Å². The minimum atomic E-state index is -2.21. The summed E-state index contributed by atoms with van der Waals surface area (Å²) in [5.74, 6) is 1.71. The predicted molar refractivity (Wildman–Crippen MR) is 206 cm³/mol. The van der Waals surface area contributed by atoms with Gasteiger partial charge in [0.2, 0.25) is 0 Å². The second-order valence-electron chi connectivity index (χ2n) is 15.0. The van der Waals surface area contributed by atoms with E-state index in [4.69, 9.17) is 26.8 Å². The maximum absolute atomic E-state index is 7.33. The average Bonchev–Trinajstić information content (AvgIpc) is 3.44. The molecular formula is C41H59Cl2NOSiZr. The van der Waals surface area contributed by atoms with E-state index in [1.54, 1.807) is 5.56 Å². The van der Waals surface area contributed by atoms with Gasteiger partial charge in [0.15, 0.2) is 0 Å². The van der Waals surface area contributed by atoms with Crippen molar-refractivity contribution in [3.63, 3.8) is 0 Å². The predicted octanol–water partition coefficient (Wildman–Crippen LogP) is 13.9. The molecular weight excluding hydrogens is 713 g/mol. The van der Waals surface area contributed by atoms with E-state index < -0.39 is 29.2 Å². The van der Waals surface area contributed by atoms with Gasteiger partial charge >= 0.3 is 37.9 Å². The second-order valence-corrected chi connectivity index (χ2v) is 22.7. The van der Waals surface area contributed by atoms with Gasteiger partial charge in [-0.15, -0.1) is 12.1 Å². The molecule has 5 rings (SSSR count). The van der Waals surface area contributed by atoms with Crippen molar-refractivity contribution >= 4 is 25.3 Å². The fourth-order valence-corrected chi connectivity index (χ4v) is 11.3. The van der Waals surface area contributed by atoms with Crippen LogP contribution in [0.5, 0.6) is 5.75 Å². The zero-order chi connectivity index (χ0) is 33.3. The first-order chi connectivity index (χ1) is 22.0. The molecule has 0 amide bonds. The zero-order valence-electron chi connectivity index (χ0n) is 30.3. The Morgan fingerprint density at radius 3 is 2.19 bits per heavy atom. The van der Waals surface area contributed by atoms with Crippen molar-refractivity contribution in [3.8, 4) is 16.9 Å². The van der Waals surface area contributed by atoms with Gasteiger partial charge in [-0.05, 0) is 70.3 Å².